The Morgan fingerprint density at radius 1 is 0.968 bits per heavy atom. The third-order valence-corrected chi connectivity index (χ3v) is 5.77. The highest BCUT2D eigenvalue weighted by atomic mass is 16.5. The Morgan fingerprint density at radius 2 is 1.65 bits per heavy atom. The van der Waals surface area contributed by atoms with Gasteiger partial charge in [0.05, 0.1) is 24.0 Å². The van der Waals surface area contributed by atoms with Crippen molar-refractivity contribution < 1.29 is 9.53 Å². The first-order valence-corrected chi connectivity index (χ1v) is 11.0. The van der Waals surface area contributed by atoms with Gasteiger partial charge in [0.1, 0.15) is 12.4 Å². The van der Waals surface area contributed by atoms with E-state index in [-0.39, 0.29) is 5.91 Å². The highest BCUT2D eigenvalue weighted by Crippen LogP contribution is 2.16. The lowest BCUT2D eigenvalue weighted by atomic mass is 10.1. The molecule has 1 saturated heterocycles. The fourth-order valence-electron chi connectivity index (χ4n) is 4.01. The van der Waals surface area contributed by atoms with E-state index in [2.05, 4.69) is 29.1 Å². The molecule has 31 heavy (non-hydrogen) atoms. The molecule has 6 nitrogen and oxygen atoms in total. The van der Waals surface area contributed by atoms with Crippen molar-refractivity contribution in [1.82, 2.24) is 19.6 Å². The van der Waals surface area contributed by atoms with Crippen molar-refractivity contribution in [3.05, 3.63) is 83.7 Å². The van der Waals surface area contributed by atoms with E-state index in [1.807, 2.05) is 58.1 Å². The highest BCUT2D eigenvalue weighted by Gasteiger charge is 2.25. The zero-order valence-electron chi connectivity index (χ0n) is 18.1. The summed E-state index contributed by atoms with van der Waals surface area (Å²) in [6, 6.07) is 20.1. The molecule has 1 aromatic heterocycles. The first-order valence-electron chi connectivity index (χ1n) is 11.0. The average molecular weight is 419 g/mol. The van der Waals surface area contributed by atoms with E-state index in [1.165, 1.54) is 5.56 Å². The highest BCUT2D eigenvalue weighted by molar-refractivity contribution is 5.95. The zero-order valence-corrected chi connectivity index (χ0v) is 18.1. The van der Waals surface area contributed by atoms with E-state index in [1.54, 1.807) is 6.20 Å². The van der Waals surface area contributed by atoms with Gasteiger partial charge in [-0.1, -0.05) is 55.5 Å². The summed E-state index contributed by atoms with van der Waals surface area (Å²) in [4.78, 5) is 17.5. The summed E-state index contributed by atoms with van der Waals surface area (Å²) in [5, 5.41) is 4.52. The van der Waals surface area contributed by atoms with E-state index in [0.717, 1.165) is 56.2 Å². The molecule has 3 aromatic rings. The molecule has 162 valence electrons. The van der Waals surface area contributed by atoms with Crippen LogP contribution in [0, 0.1) is 0 Å². The third kappa shape index (κ3) is 5.33. The van der Waals surface area contributed by atoms with Crippen LogP contribution in [0.3, 0.4) is 0 Å². The van der Waals surface area contributed by atoms with E-state index in [0.29, 0.717) is 13.2 Å². The molecule has 0 bridgehead atoms. The predicted molar refractivity (Wildman–Crippen MR) is 121 cm³/mol. The van der Waals surface area contributed by atoms with Crippen molar-refractivity contribution in [3.8, 4) is 5.75 Å². The standard InChI is InChI=1S/C25H30N4O2/c1-2-24-23(19-26-29(24)20-21-9-5-3-6-10-21)25(30)28-15-13-27(14-16-28)17-18-31-22-11-7-4-8-12-22/h3-12,19H,2,13-18,20H2,1H3. The van der Waals surface area contributed by atoms with Gasteiger partial charge in [0, 0.05) is 32.7 Å². The van der Waals surface area contributed by atoms with Crippen LogP contribution < -0.4 is 4.74 Å². The fraction of sp³-hybridized carbons (Fsp3) is 0.360. The summed E-state index contributed by atoms with van der Waals surface area (Å²) in [6.07, 6.45) is 2.52. The molecule has 4 rings (SSSR count). The number of piperazine rings is 1. The monoisotopic (exact) mass is 418 g/mol. The van der Waals surface area contributed by atoms with Crippen LogP contribution in [-0.2, 0) is 13.0 Å². The molecule has 1 amide bonds. The maximum Gasteiger partial charge on any atom is 0.257 e. The molecule has 0 spiro atoms. The maximum atomic E-state index is 13.2. The molecule has 0 atom stereocenters. The normalized spacial score (nSPS) is 14.5. The molecule has 1 aliphatic heterocycles. The van der Waals surface area contributed by atoms with Crippen molar-refractivity contribution >= 4 is 5.91 Å². The maximum absolute atomic E-state index is 13.2. The summed E-state index contributed by atoms with van der Waals surface area (Å²) in [5.41, 5.74) is 2.93. The number of aromatic nitrogens is 2. The van der Waals surface area contributed by atoms with Crippen molar-refractivity contribution in [3.63, 3.8) is 0 Å². The minimum Gasteiger partial charge on any atom is -0.492 e. The second kappa shape index (κ2) is 10.3. The van der Waals surface area contributed by atoms with Gasteiger partial charge < -0.3 is 9.64 Å². The van der Waals surface area contributed by atoms with Crippen LogP contribution in [0.4, 0.5) is 0 Å². The zero-order chi connectivity index (χ0) is 21.5. The third-order valence-electron chi connectivity index (χ3n) is 5.77. The number of amides is 1. The van der Waals surface area contributed by atoms with Crippen LogP contribution in [0.25, 0.3) is 0 Å². The number of hydrogen-bond donors (Lipinski definition) is 0. The van der Waals surface area contributed by atoms with Gasteiger partial charge in [0.2, 0.25) is 0 Å². The molecule has 2 heterocycles. The minimum absolute atomic E-state index is 0.0938. The number of benzene rings is 2. The van der Waals surface area contributed by atoms with Crippen LogP contribution >= 0.6 is 0 Å². The largest absolute Gasteiger partial charge is 0.492 e. The van der Waals surface area contributed by atoms with E-state index >= 15 is 0 Å². The number of hydrogen-bond acceptors (Lipinski definition) is 4. The Kier molecular flexibility index (Phi) is 6.99. The number of rotatable bonds is 8. The summed E-state index contributed by atoms with van der Waals surface area (Å²) < 4.78 is 7.76. The topological polar surface area (TPSA) is 50.6 Å². The molecule has 0 radical (unpaired) electrons. The lowest BCUT2D eigenvalue weighted by Crippen LogP contribution is -2.49. The van der Waals surface area contributed by atoms with Crippen molar-refractivity contribution in [2.24, 2.45) is 0 Å². The molecule has 6 heteroatoms. The summed E-state index contributed by atoms with van der Waals surface area (Å²) in [6.45, 7) is 7.49. The van der Waals surface area contributed by atoms with Gasteiger partial charge >= 0.3 is 0 Å². The number of nitrogens with zero attached hydrogens (tertiary/aromatic N) is 4. The molecule has 1 fully saturated rings. The fourth-order valence-corrected chi connectivity index (χ4v) is 4.01. The molecule has 0 unspecified atom stereocenters. The van der Waals surface area contributed by atoms with Gasteiger partial charge in [-0.05, 0) is 24.1 Å². The minimum atomic E-state index is 0.0938. The Hall–Kier alpha value is -3.12. The first-order chi connectivity index (χ1) is 15.2. The van der Waals surface area contributed by atoms with E-state index in [4.69, 9.17) is 4.74 Å². The molecule has 0 aliphatic carbocycles. The second-order valence-electron chi connectivity index (χ2n) is 7.80. The average Bonchev–Trinajstić information content (AvgIpc) is 3.23. The number of ether oxygens (including phenoxy) is 1. The number of carbonyl (C=O) groups excluding carboxylic acids is 1. The smallest absolute Gasteiger partial charge is 0.257 e. The first kappa shape index (κ1) is 21.1. The van der Waals surface area contributed by atoms with Crippen LogP contribution in [0.1, 0.15) is 28.5 Å². The van der Waals surface area contributed by atoms with Crippen molar-refractivity contribution in [1.29, 1.82) is 0 Å². The lowest BCUT2D eigenvalue weighted by molar-refractivity contribution is 0.0619. The van der Waals surface area contributed by atoms with Gasteiger partial charge in [-0.3, -0.25) is 14.4 Å². The van der Waals surface area contributed by atoms with Crippen LogP contribution in [0.5, 0.6) is 5.75 Å². The summed E-state index contributed by atoms with van der Waals surface area (Å²) in [7, 11) is 0. The summed E-state index contributed by atoms with van der Waals surface area (Å²) >= 11 is 0. The van der Waals surface area contributed by atoms with Gasteiger partial charge in [0.15, 0.2) is 0 Å². The quantitative estimate of drug-likeness (QED) is 0.563. The Labute approximate surface area is 184 Å². The predicted octanol–water partition coefficient (Wildman–Crippen LogP) is 3.33. The number of para-hydroxylation sites is 1. The number of carbonyl (C=O) groups is 1. The lowest BCUT2D eigenvalue weighted by Gasteiger charge is -2.34. The van der Waals surface area contributed by atoms with Crippen LogP contribution in [0.2, 0.25) is 0 Å². The molecule has 0 saturated carbocycles. The van der Waals surface area contributed by atoms with E-state index in [9.17, 15) is 4.79 Å². The van der Waals surface area contributed by atoms with Crippen molar-refractivity contribution in [2.45, 2.75) is 19.9 Å². The molecular weight excluding hydrogens is 388 g/mol. The molecule has 0 N–H and O–H groups in total. The van der Waals surface area contributed by atoms with Crippen molar-refractivity contribution in [2.75, 3.05) is 39.3 Å². The molecule has 1 aliphatic rings. The second-order valence-corrected chi connectivity index (χ2v) is 7.80. The van der Waals surface area contributed by atoms with Gasteiger partial charge in [-0.15, -0.1) is 0 Å². The van der Waals surface area contributed by atoms with Crippen LogP contribution in [0.15, 0.2) is 66.9 Å². The van der Waals surface area contributed by atoms with Gasteiger partial charge in [-0.2, -0.15) is 5.10 Å². The molecular formula is C25H30N4O2. The van der Waals surface area contributed by atoms with Gasteiger partial charge in [-0.25, -0.2) is 0 Å². The SMILES string of the molecule is CCc1c(C(=O)N2CCN(CCOc3ccccc3)CC2)cnn1Cc1ccccc1. The Balaban J connectivity index is 1.30. The van der Waals surface area contributed by atoms with E-state index < -0.39 is 0 Å². The summed E-state index contributed by atoms with van der Waals surface area (Å²) in [5.74, 6) is 0.993. The molecule has 2 aromatic carbocycles. The van der Waals surface area contributed by atoms with Gasteiger partial charge in [0.25, 0.3) is 5.91 Å². The Morgan fingerprint density at radius 3 is 2.32 bits per heavy atom. The van der Waals surface area contributed by atoms with Crippen LogP contribution in [-0.4, -0.2) is 64.8 Å². The Bertz CT molecular complexity index is 964.